The van der Waals surface area contributed by atoms with Crippen LogP contribution < -0.4 is 5.32 Å². The van der Waals surface area contributed by atoms with Crippen molar-refractivity contribution in [1.82, 2.24) is 5.32 Å². The van der Waals surface area contributed by atoms with Crippen LogP contribution >= 0.6 is 0 Å². The average molecular weight is 936 g/mol. The van der Waals surface area contributed by atoms with Gasteiger partial charge in [-0.05, 0) is 44.9 Å². The molecule has 3 aliphatic rings. The van der Waals surface area contributed by atoms with Gasteiger partial charge in [0, 0.05) is 6.42 Å². The molecule has 3 aliphatic heterocycles. The first kappa shape index (κ1) is 57.3. The number of carbonyl (C=O) groups excluding carboxylic acids is 1. The highest BCUT2D eigenvalue weighted by Crippen LogP contribution is 2.33. The second kappa shape index (κ2) is 31.9. The Bertz CT molecular complexity index is 1350. The summed E-state index contributed by atoms with van der Waals surface area (Å²) in [5.74, 6) is -0.271. The minimum absolute atomic E-state index is 0.244. The highest BCUT2D eigenvalue weighted by atomic mass is 16.8. The van der Waals surface area contributed by atoms with E-state index in [2.05, 4.69) is 55.6 Å². The van der Waals surface area contributed by atoms with Gasteiger partial charge in [0.25, 0.3) is 0 Å². The number of unbranched alkanes of at least 4 members (excludes halogenated alkanes) is 9. The molecule has 19 heteroatoms. The van der Waals surface area contributed by atoms with Crippen LogP contribution in [-0.4, -0.2) is 193 Å². The Morgan fingerprint density at radius 2 is 1.06 bits per heavy atom. The molecular weight excluding hydrogens is 854 g/mol. The first-order chi connectivity index (χ1) is 31.3. The second-order valence-electron chi connectivity index (χ2n) is 17.2. The lowest BCUT2D eigenvalue weighted by Crippen LogP contribution is -2.66. The fourth-order valence-corrected chi connectivity index (χ4v) is 7.97. The summed E-state index contributed by atoms with van der Waals surface area (Å²) in [6.45, 7) is 1.50. The molecule has 3 heterocycles. The standard InChI is InChI=1S/C46H81NO18/c1-3-5-7-9-10-11-12-13-14-15-16-17-18-20-22-24-34(52)47-29(30(51)23-21-19-8-6-4-2)28-60-44-40(58)37(55)42(32(26-49)62-44)65-46-41(59)38(56)43(33(27-50)63-46)64-45-39(57)36(54)35(53)31(25-48)61-45/h5,7,10-11,13-14,29-33,35-46,48-51,53-59H,3-4,6,8-9,12,15-28H2,1-2H3,(H,47,52)/b7-5-,11-10-,14-13-. The van der Waals surface area contributed by atoms with Crippen molar-refractivity contribution >= 4 is 5.91 Å². The Hall–Kier alpha value is -1.99. The predicted molar refractivity (Wildman–Crippen MR) is 236 cm³/mol. The van der Waals surface area contributed by atoms with Gasteiger partial charge in [-0.1, -0.05) is 102 Å². The van der Waals surface area contributed by atoms with Crippen molar-refractivity contribution < 1.29 is 89.4 Å². The normalized spacial score (nSPS) is 34.4. The number of rotatable bonds is 31. The molecule has 0 radical (unpaired) electrons. The largest absolute Gasteiger partial charge is 0.394 e. The van der Waals surface area contributed by atoms with E-state index in [0.29, 0.717) is 19.3 Å². The third-order valence-electron chi connectivity index (χ3n) is 12.0. The second-order valence-corrected chi connectivity index (χ2v) is 17.2. The highest BCUT2D eigenvalue weighted by molar-refractivity contribution is 5.76. The number of nitrogens with one attached hydrogen (secondary N) is 1. The number of carbonyl (C=O) groups is 1. The molecule has 0 aromatic heterocycles. The number of hydrogen-bond donors (Lipinski definition) is 12. The molecule has 65 heavy (non-hydrogen) atoms. The van der Waals surface area contributed by atoms with Crippen LogP contribution in [0.2, 0.25) is 0 Å². The van der Waals surface area contributed by atoms with Crippen LogP contribution in [0.5, 0.6) is 0 Å². The molecule has 3 fully saturated rings. The van der Waals surface area contributed by atoms with E-state index in [9.17, 15) is 61.0 Å². The van der Waals surface area contributed by atoms with Gasteiger partial charge >= 0.3 is 0 Å². The first-order valence-electron chi connectivity index (χ1n) is 23.7. The summed E-state index contributed by atoms with van der Waals surface area (Å²) < 4.78 is 34.0. The number of ether oxygens (including phenoxy) is 6. The molecule has 0 aliphatic carbocycles. The van der Waals surface area contributed by atoms with Crippen LogP contribution in [0.15, 0.2) is 36.5 Å². The van der Waals surface area contributed by atoms with E-state index < -0.39 is 124 Å². The van der Waals surface area contributed by atoms with Crippen molar-refractivity contribution in [3.05, 3.63) is 36.5 Å². The molecule has 17 atom stereocenters. The zero-order chi connectivity index (χ0) is 47.7. The molecule has 0 spiro atoms. The van der Waals surface area contributed by atoms with E-state index in [-0.39, 0.29) is 18.9 Å². The van der Waals surface area contributed by atoms with Crippen molar-refractivity contribution in [2.24, 2.45) is 0 Å². The molecule has 0 saturated carbocycles. The molecule has 1 amide bonds. The van der Waals surface area contributed by atoms with Crippen molar-refractivity contribution in [2.75, 3.05) is 26.4 Å². The topological polar surface area (TPSA) is 307 Å². The van der Waals surface area contributed by atoms with E-state index in [1.807, 2.05) is 0 Å². The number of aliphatic hydroxyl groups is 11. The zero-order valence-electron chi connectivity index (χ0n) is 38.2. The van der Waals surface area contributed by atoms with Crippen LogP contribution in [0, 0.1) is 0 Å². The van der Waals surface area contributed by atoms with E-state index in [0.717, 1.165) is 77.0 Å². The minimum atomic E-state index is -1.97. The van der Waals surface area contributed by atoms with Gasteiger partial charge in [0.1, 0.15) is 73.2 Å². The Morgan fingerprint density at radius 3 is 1.66 bits per heavy atom. The maximum atomic E-state index is 13.1. The fourth-order valence-electron chi connectivity index (χ4n) is 7.97. The molecular formula is C46H81NO18. The number of hydrogen-bond acceptors (Lipinski definition) is 18. The summed E-state index contributed by atoms with van der Waals surface area (Å²) in [6, 6.07) is -0.890. The first-order valence-corrected chi connectivity index (χ1v) is 23.7. The summed E-state index contributed by atoms with van der Waals surface area (Å²) in [7, 11) is 0. The summed E-state index contributed by atoms with van der Waals surface area (Å²) in [5.41, 5.74) is 0. The number of amides is 1. The molecule has 12 N–H and O–H groups in total. The summed E-state index contributed by atoms with van der Waals surface area (Å²) in [4.78, 5) is 13.1. The lowest BCUT2D eigenvalue weighted by atomic mass is 9.96. The molecule has 0 bridgehead atoms. The average Bonchev–Trinajstić information content (AvgIpc) is 3.30. The van der Waals surface area contributed by atoms with Gasteiger partial charge in [0.05, 0.1) is 38.6 Å². The van der Waals surface area contributed by atoms with E-state index in [1.165, 1.54) is 0 Å². The molecule has 17 unspecified atom stereocenters. The lowest BCUT2D eigenvalue weighted by molar-refractivity contribution is -0.379. The molecule has 0 aromatic rings. The Balaban J connectivity index is 1.53. The van der Waals surface area contributed by atoms with Crippen LogP contribution in [-0.2, 0) is 33.2 Å². The van der Waals surface area contributed by atoms with Crippen molar-refractivity contribution in [2.45, 2.75) is 221 Å². The molecule has 3 rings (SSSR count). The molecule has 378 valence electrons. The fraction of sp³-hybridized carbons (Fsp3) is 0.848. The van der Waals surface area contributed by atoms with Gasteiger partial charge in [0.2, 0.25) is 5.91 Å². The lowest BCUT2D eigenvalue weighted by Gasteiger charge is -2.48. The predicted octanol–water partition coefficient (Wildman–Crippen LogP) is 0.247. The van der Waals surface area contributed by atoms with Gasteiger partial charge in [-0.15, -0.1) is 0 Å². The molecule has 0 aromatic carbocycles. The van der Waals surface area contributed by atoms with Gasteiger partial charge < -0.3 is 89.9 Å². The highest BCUT2D eigenvalue weighted by Gasteiger charge is 2.53. The smallest absolute Gasteiger partial charge is 0.220 e. The Morgan fingerprint density at radius 1 is 0.569 bits per heavy atom. The van der Waals surface area contributed by atoms with Crippen molar-refractivity contribution in [1.29, 1.82) is 0 Å². The van der Waals surface area contributed by atoms with Gasteiger partial charge in [-0.2, -0.15) is 0 Å². The SMILES string of the molecule is CC/C=C\C/C=C\C/C=C\CCCCCCCC(=O)NC(COC1OC(CO)C(OC2OC(CO)C(OC3OC(CO)C(O)C(O)C3O)C(O)C2O)C(O)C1O)C(O)CCCCCCC. The van der Waals surface area contributed by atoms with Gasteiger partial charge in [-0.3, -0.25) is 4.79 Å². The third-order valence-corrected chi connectivity index (χ3v) is 12.0. The maximum absolute atomic E-state index is 13.1. The van der Waals surface area contributed by atoms with Crippen LogP contribution in [0.3, 0.4) is 0 Å². The molecule has 19 nitrogen and oxygen atoms in total. The van der Waals surface area contributed by atoms with Crippen LogP contribution in [0.4, 0.5) is 0 Å². The minimum Gasteiger partial charge on any atom is -0.394 e. The summed E-state index contributed by atoms with van der Waals surface area (Å²) in [5, 5.41) is 119. The van der Waals surface area contributed by atoms with Gasteiger partial charge in [0.15, 0.2) is 18.9 Å². The zero-order valence-corrected chi connectivity index (χ0v) is 38.2. The number of aliphatic hydroxyl groups excluding tert-OH is 11. The van der Waals surface area contributed by atoms with E-state index in [4.69, 9.17) is 28.4 Å². The summed E-state index contributed by atoms with van der Waals surface area (Å²) in [6.07, 6.45) is 0.440. The molecule has 3 saturated heterocycles. The van der Waals surface area contributed by atoms with Crippen LogP contribution in [0.1, 0.15) is 117 Å². The quantitative estimate of drug-likeness (QED) is 0.0328. The number of allylic oxidation sites excluding steroid dienone is 6. The monoisotopic (exact) mass is 936 g/mol. The summed E-state index contributed by atoms with van der Waals surface area (Å²) >= 11 is 0. The third kappa shape index (κ3) is 18.8. The Kier molecular flexibility index (Phi) is 28.2. The maximum Gasteiger partial charge on any atom is 0.220 e. The van der Waals surface area contributed by atoms with E-state index in [1.54, 1.807) is 0 Å². The van der Waals surface area contributed by atoms with Crippen molar-refractivity contribution in [3.8, 4) is 0 Å². The van der Waals surface area contributed by atoms with Gasteiger partial charge in [-0.25, -0.2) is 0 Å². The van der Waals surface area contributed by atoms with E-state index >= 15 is 0 Å². The van der Waals surface area contributed by atoms with Crippen molar-refractivity contribution in [3.63, 3.8) is 0 Å². The van der Waals surface area contributed by atoms with Crippen LogP contribution in [0.25, 0.3) is 0 Å². The Labute approximate surface area is 383 Å².